The summed E-state index contributed by atoms with van der Waals surface area (Å²) in [6.07, 6.45) is 4.77. The molecule has 0 N–H and O–H groups in total. The molecular formula is C24H22ClN3OS. The molecule has 0 spiro atoms. The Balaban J connectivity index is 1.69. The van der Waals surface area contributed by atoms with Gasteiger partial charge < -0.3 is 4.57 Å². The second kappa shape index (κ2) is 8.94. The third kappa shape index (κ3) is 4.23. The second-order valence-electron chi connectivity index (χ2n) is 7.03. The van der Waals surface area contributed by atoms with Crippen molar-refractivity contribution in [3.05, 3.63) is 88.0 Å². The number of para-hydroxylation sites is 1. The lowest BCUT2D eigenvalue weighted by molar-refractivity contribution is -0.122. The molecule has 0 radical (unpaired) electrons. The summed E-state index contributed by atoms with van der Waals surface area (Å²) in [6.45, 7) is 4.68. The van der Waals surface area contributed by atoms with Crippen LogP contribution in [-0.4, -0.2) is 27.1 Å². The first-order valence-corrected chi connectivity index (χ1v) is 11.1. The molecule has 1 amide bonds. The standard InChI is InChI=1S/C24H22ClN3OS/c1-3-13-28-23(29)22(30-24(28)26-18-8-5-4-6-9-18)16-19-10-7-14-27(19)20-12-11-17(2)21(25)15-20/h4-12,14-16H,3,13H2,1-2H3/b22-16-,26-24?. The Bertz CT molecular complexity index is 1130. The van der Waals surface area contributed by atoms with Crippen molar-refractivity contribution in [1.29, 1.82) is 0 Å². The number of aromatic nitrogens is 1. The minimum atomic E-state index is -0.00813. The molecule has 1 aliphatic heterocycles. The molecule has 6 heteroatoms. The fourth-order valence-corrected chi connectivity index (χ4v) is 4.42. The van der Waals surface area contributed by atoms with E-state index in [4.69, 9.17) is 16.6 Å². The molecule has 2 aromatic carbocycles. The van der Waals surface area contributed by atoms with E-state index in [2.05, 4.69) is 6.92 Å². The summed E-state index contributed by atoms with van der Waals surface area (Å²) in [4.78, 5) is 20.2. The minimum Gasteiger partial charge on any atom is -0.317 e. The van der Waals surface area contributed by atoms with Crippen LogP contribution in [0.2, 0.25) is 5.02 Å². The molecule has 152 valence electrons. The van der Waals surface area contributed by atoms with Gasteiger partial charge >= 0.3 is 0 Å². The molecule has 30 heavy (non-hydrogen) atoms. The van der Waals surface area contributed by atoms with Crippen molar-refractivity contribution in [3.63, 3.8) is 0 Å². The van der Waals surface area contributed by atoms with E-state index in [1.54, 1.807) is 4.90 Å². The summed E-state index contributed by atoms with van der Waals surface area (Å²) < 4.78 is 2.03. The molecule has 0 unspecified atom stereocenters. The van der Waals surface area contributed by atoms with Gasteiger partial charge in [-0.25, -0.2) is 4.99 Å². The first-order valence-electron chi connectivity index (χ1n) is 9.86. The molecule has 1 aromatic heterocycles. The molecular weight excluding hydrogens is 414 g/mol. The lowest BCUT2D eigenvalue weighted by atomic mass is 10.2. The highest BCUT2D eigenvalue weighted by molar-refractivity contribution is 8.18. The van der Waals surface area contributed by atoms with E-state index in [-0.39, 0.29) is 5.91 Å². The Morgan fingerprint density at radius 2 is 1.90 bits per heavy atom. The van der Waals surface area contributed by atoms with E-state index in [1.165, 1.54) is 11.8 Å². The quantitative estimate of drug-likeness (QED) is 0.431. The SMILES string of the molecule is CCCN1C(=O)/C(=C/c2cccn2-c2ccc(C)c(Cl)c2)SC1=Nc1ccccc1. The topological polar surface area (TPSA) is 37.6 Å². The Morgan fingerprint density at radius 3 is 2.63 bits per heavy atom. The van der Waals surface area contributed by atoms with E-state index in [0.717, 1.165) is 39.2 Å². The molecule has 3 aromatic rings. The maximum absolute atomic E-state index is 13.1. The largest absolute Gasteiger partial charge is 0.317 e. The Morgan fingerprint density at radius 1 is 1.10 bits per heavy atom. The molecule has 0 aliphatic carbocycles. The number of hydrogen-bond donors (Lipinski definition) is 0. The number of aryl methyl sites for hydroxylation is 1. The van der Waals surface area contributed by atoms with Gasteiger partial charge in [-0.15, -0.1) is 0 Å². The normalized spacial score (nSPS) is 16.8. The van der Waals surface area contributed by atoms with Gasteiger partial charge in [-0.1, -0.05) is 42.8 Å². The van der Waals surface area contributed by atoms with Crippen molar-refractivity contribution in [1.82, 2.24) is 9.47 Å². The number of thioether (sulfide) groups is 1. The highest BCUT2D eigenvalue weighted by Gasteiger charge is 2.33. The molecule has 4 nitrogen and oxygen atoms in total. The Labute approximate surface area is 185 Å². The molecule has 0 saturated carbocycles. The van der Waals surface area contributed by atoms with Gasteiger partial charge in [0.15, 0.2) is 5.17 Å². The van der Waals surface area contributed by atoms with Crippen LogP contribution in [0.1, 0.15) is 24.6 Å². The van der Waals surface area contributed by atoms with Gasteiger partial charge in [0.1, 0.15) is 0 Å². The average molecular weight is 436 g/mol. The van der Waals surface area contributed by atoms with Crippen LogP contribution in [0.4, 0.5) is 5.69 Å². The number of hydrogen-bond acceptors (Lipinski definition) is 3. The summed E-state index contributed by atoms with van der Waals surface area (Å²) in [5.41, 5.74) is 3.75. The van der Waals surface area contributed by atoms with E-state index >= 15 is 0 Å². The molecule has 0 bridgehead atoms. The van der Waals surface area contributed by atoms with Crippen LogP contribution in [-0.2, 0) is 4.79 Å². The van der Waals surface area contributed by atoms with Gasteiger partial charge in [0.2, 0.25) is 0 Å². The van der Waals surface area contributed by atoms with Crippen LogP contribution in [0.25, 0.3) is 11.8 Å². The van der Waals surface area contributed by atoms with Gasteiger partial charge in [0.25, 0.3) is 5.91 Å². The summed E-state index contributed by atoms with van der Waals surface area (Å²) >= 11 is 7.73. The zero-order valence-electron chi connectivity index (χ0n) is 16.9. The number of amidine groups is 1. The Kier molecular flexibility index (Phi) is 6.11. The number of carbonyl (C=O) groups is 1. The van der Waals surface area contributed by atoms with E-state index in [1.807, 2.05) is 84.4 Å². The number of rotatable bonds is 5. The highest BCUT2D eigenvalue weighted by Crippen LogP contribution is 2.34. The van der Waals surface area contributed by atoms with Crippen LogP contribution >= 0.6 is 23.4 Å². The molecule has 0 atom stereocenters. The third-order valence-electron chi connectivity index (χ3n) is 4.81. The van der Waals surface area contributed by atoms with E-state index in [0.29, 0.717) is 11.4 Å². The minimum absolute atomic E-state index is 0.00813. The fraction of sp³-hybridized carbons (Fsp3) is 0.167. The predicted molar refractivity (Wildman–Crippen MR) is 127 cm³/mol. The number of nitrogens with zero attached hydrogens (tertiary/aromatic N) is 3. The van der Waals surface area contributed by atoms with Crippen molar-refractivity contribution >= 4 is 46.2 Å². The van der Waals surface area contributed by atoms with Crippen molar-refractivity contribution in [3.8, 4) is 5.69 Å². The van der Waals surface area contributed by atoms with Gasteiger partial charge in [-0.2, -0.15) is 0 Å². The maximum Gasteiger partial charge on any atom is 0.266 e. The predicted octanol–water partition coefficient (Wildman–Crippen LogP) is 6.45. The van der Waals surface area contributed by atoms with Gasteiger partial charge in [-0.05, 0) is 73.1 Å². The number of halogens is 1. The monoisotopic (exact) mass is 435 g/mol. The smallest absolute Gasteiger partial charge is 0.266 e. The Hall–Kier alpha value is -2.76. The summed E-state index contributed by atoms with van der Waals surface area (Å²) in [5, 5.41) is 1.44. The lowest BCUT2D eigenvalue weighted by Crippen LogP contribution is -2.29. The first kappa shape index (κ1) is 20.5. The first-order chi connectivity index (χ1) is 14.6. The van der Waals surface area contributed by atoms with Crippen LogP contribution in [0.5, 0.6) is 0 Å². The summed E-state index contributed by atoms with van der Waals surface area (Å²) in [7, 11) is 0. The molecule has 1 fully saturated rings. The molecule has 2 heterocycles. The molecule has 1 saturated heterocycles. The summed E-state index contributed by atoms with van der Waals surface area (Å²) in [6, 6.07) is 19.6. The van der Waals surface area contributed by atoms with Gasteiger partial charge in [0, 0.05) is 29.1 Å². The van der Waals surface area contributed by atoms with Crippen molar-refractivity contribution in [2.45, 2.75) is 20.3 Å². The van der Waals surface area contributed by atoms with Crippen molar-refractivity contribution < 1.29 is 4.79 Å². The van der Waals surface area contributed by atoms with Crippen molar-refractivity contribution in [2.24, 2.45) is 4.99 Å². The third-order valence-corrected chi connectivity index (χ3v) is 6.22. The number of benzene rings is 2. The van der Waals surface area contributed by atoms with E-state index in [9.17, 15) is 4.79 Å². The molecule has 1 aliphatic rings. The number of aliphatic imine (C=N–C) groups is 1. The lowest BCUT2D eigenvalue weighted by Gasteiger charge is -2.13. The van der Waals surface area contributed by atoms with Crippen LogP contribution in [0, 0.1) is 6.92 Å². The highest BCUT2D eigenvalue weighted by atomic mass is 35.5. The fourth-order valence-electron chi connectivity index (χ4n) is 3.24. The van der Waals surface area contributed by atoms with Gasteiger partial charge in [0.05, 0.1) is 10.6 Å². The van der Waals surface area contributed by atoms with Crippen LogP contribution in [0.15, 0.2) is 76.8 Å². The average Bonchev–Trinajstić information content (AvgIpc) is 3.32. The van der Waals surface area contributed by atoms with Crippen LogP contribution in [0.3, 0.4) is 0 Å². The summed E-state index contributed by atoms with van der Waals surface area (Å²) in [5.74, 6) is -0.00813. The maximum atomic E-state index is 13.1. The van der Waals surface area contributed by atoms with E-state index < -0.39 is 0 Å². The zero-order valence-corrected chi connectivity index (χ0v) is 18.5. The number of amides is 1. The van der Waals surface area contributed by atoms with Crippen LogP contribution < -0.4 is 0 Å². The van der Waals surface area contributed by atoms with Gasteiger partial charge in [-0.3, -0.25) is 9.69 Å². The van der Waals surface area contributed by atoms with Crippen molar-refractivity contribution in [2.75, 3.05) is 6.54 Å². The molecule has 4 rings (SSSR count). The second-order valence-corrected chi connectivity index (χ2v) is 8.45. The zero-order chi connectivity index (χ0) is 21.1. The number of carbonyl (C=O) groups excluding carboxylic acids is 1.